The van der Waals surface area contributed by atoms with Crippen LogP contribution in [0.25, 0.3) is 33.4 Å². The number of nitrogens with one attached hydrogen (secondary N) is 4. The molecule has 52 heavy (non-hydrogen) atoms. The van der Waals surface area contributed by atoms with Crippen molar-refractivity contribution >= 4 is 35.0 Å². The summed E-state index contributed by atoms with van der Waals surface area (Å²) in [7, 11) is 2.57. The number of hydrogen-bond acceptors (Lipinski definition) is 8. The van der Waals surface area contributed by atoms with Crippen molar-refractivity contribution in [3.63, 3.8) is 0 Å². The summed E-state index contributed by atoms with van der Waals surface area (Å²) in [6.07, 6.45) is 3.78. The SMILES string of the molecule is COC(=O)N[C@@H](C(=O)N1CCC[C@H]1c1ncc(-c2ccc(-c3ccc4nc([C@@H]5CCCN5C(=O)[C@H](NC(=O)OC)C(C)C)[nH]c4c3)cc2)[nH]1)C(C)C. The predicted octanol–water partition coefficient (Wildman–Crippen LogP) is 5.71. The van der Waals surface area contributed by atoms with Crippen LogP contribution in [0.4, 0.5) is 9.59 Å². The smallest absolute Gasteiger partial charge is 0.407 e. The summed E-state index contributed by atoms with van der Waals surface area (Å²) in [6, 6.07) is 12.5. The van der Waals surface area contributed by atoms with E-state index in [2.05, 4.69) is 43.8 Å². The summed E-state index contributed by atoms with van der Waals surface area (Å²) in [5.41, 5.74) is 5.54. The lowest BCUT2D eigenvalue weighted by Crippen LogP contribution is -2.51. The number of carbonyl (C=O) groups excluding carboxylic acids is 4. The largest absolute Gasteiger partial charge is 0.453 e. The third-order valence-electron chi connectivity index (χ3n) is 10.1. The molecule has 2 aliphatic rings. The molecule has 14 heteroatoms. The number of carbonyl (C=O) groups is 4. The van der Waals surface area contributed by atoms with E-state index in [-0.39, 0.29) is 35.7 Å². The van der Waals surface area contributed by atoms with Gasteiger partial charge in [0.05, 0.1) is 49.2 Å². The average Bonchev–Trinajstić information content (AvgIpc) is 3.97. The van der Waals surface area contributed by atoms with Gasteiger partial charge in [-0.15, -0.1) is 0 Å². The summed E-state index contributed by atoms with van der Waals surface area (Å²) in [4.78, 5) is 71.0. The number of rotatable bonds is 10. The van der Waals surface area contributed by atoms with Gasteiger partial charge in [0, 0.05) is 13.1 Å². The Kier molecular flexibility index (Phi) is 10.8. The van der Waals surface area contributed by atoms with Crippen LogP contribution in [0, 0.1) is 11.8 Å². The molecule has 6 rings (SSSR count). The van der Waals surface area contributed by atoms with Gasteiger partial charge in [0.1, 0.15) is 23.7 Å². The molecule has 0 unspecified atom stereocenters. The van der Waals surface area contributed by atoms with Gasteiger partial charge in [-0.2, -0.15) is 0 Å². The van der Waals surface area contributed by atoms with Gasteiger partial charge in [-0.25, -0.2) is 19.6 Å². The molecule has 4 aromatic rings. The first-order valence-electron chi connectivity index (χ1n) is 17.9. The molecular formula is C38H48N8O6. The molecule has 2 saturated heterocycles. The van der Waals surface area contributed by atoms with Crippen molar-refractivity contribution in [2.45, 2.75) is 77.5 Å². The zero-order valence-electron chi connectivity index (χ0n) is 30.6. The lowest BCUT2D eigenvalue weighted by Gasteiger charge is -2.30. The monoisotopic (exact) mass is 712 g/mol. The Balaban J connectivity index is 1.16. The number of amides is 4. The van der Waals surface area contributed by atoms with Crippen molar-refractivity contribution in [3.8, 4) is 22.4 Å². The highest BCUT2D eigenvalue weighted by atomic mass is 16.5. The molecule has 4 N–H and O–H groups in total. The molecule has 2 fully saturated rings. The van der Waals surface area contributed by atoms with E-state index in [0.717, 1.165) is 64.9 Å². The molecule has 2 aromatic heterocycles. The third kappa shape index (κ3) is 7.46. The van der Waals surface area contributed by atoms with E-state index in [1.54, 1.807) is 11.1 Å². The summed E-state index contributed by atoms with van der Waals surface area (Å²) in [5, 5.41) is 5.39. The molecule has 4 amide bonds. The summed E-state index contributed by atoms with van der Waals surface area (Å²) < 4.78 is 9.51. The fraction of sp³-hybridized carbons (Fsp3) is 0.474. The molecule has 14 nitrogen and oxygen atoms in total. The van der Waals surface area contributed by atoms with Gasteiger partial charge >= 0.3 is 12.2 Å². The minimum atomic E-state index is -0.693. The number of nitrogens with zero attached hydrogens (tertiary/aromatic N) is 4. The first-order chi connectivity index (χ1) is 25.0. The van der Waals surface area contributed by atoms with Crippen LogP contribution in [0.5, 0.6) is 0 Å². The highest BCUT2D eigenvalue weighted by molar-refractivity contribution is 5.88. The van der Waals surface area contributed by atoms with Crippen LogP contribution >= 0.6 is 0 Å². The van der Waals surface area contributed by atoms with Crippen LogP contribution in [-0.2, 0) is 19.1 Å². The standard InChI is InChI=1S/C38H48N8O6/c1-21(2)31(43-37(49)51-5)35(47)45-17-7-9-29(45)33-39-20-28(42-33)24-13-11-23(12-14-24)25-15-16-26-27(19-25)41-34(40-26)30-10-8-18-46(30)36(48)32(22(3)4)44-38(50)52-6/h11-16,19-22,29-32H,7-10,17-18H2,1-6H3,(H,39,42)(H,40,41)(H,43,49)(H,44,50)/t29-,30-,31+,32+/m0/s1. The van der Waals surface area contributed by atoms with Crippen LogP contribution in [0.2, 0.25) is 0 Å². The molecule has 0 bridgehead atoms. The van der Waals surface area contributed by atoms with E-state index < -0.39 is 24.3 Å². The quantitative estimate of drug-likeness (QED) is 0.162. The maximum atomic E-state index is 13.6. The highest BCUT2D eigenvalue weighted by Crippen LogP contribution is 2.35. The zero-order chi connectivity index (χ0) is 37.1. The summed E-state index contributed by atoms with van der Waals surface area (Å²) in [6.45, 7) is 8.77. The van der Waals surface area contributed by atoms with Gasteiger partial charge < -0.3 is 39.9 Å². The van der Waals surface area contributed by atoms with Crippen molar-refractivity contribution in [2.75, 3.05) is 27.3 Å². The lowest BCUT2D eigenvalue weighted by molar-refractivity contribution is -0.136. The molecule has 4 heterocycles. The van der Waals surface area contributed by atoms with Gasteiger partial charge in [0.25, 0.3) is 0 Å². The number of alkyl carbamates (subject to hydrolysis) is 2. The summed E-state index contributed by atoms with van der Waals surface area (Å²) in [5.74, 6) is 0.938. The fourth-order valence-corrected chi connectivity index (χ4v) is 7.25. The van der Waals surface area contributed by atoms with Crippen molar-refractivity contribution < 1.29 is 28.7 Å². The number of imidazole rings is 2. The molecule has 2 aromatic carbocycles. The van der Waals surface area contributed by atoms with Crippen LogP contribution in [0.1, 0.15) is 77.1 Å². The minimum absolute atomic E-state index is 0.108. The van der Waals surface area contributed by atoms with Gasteiger partial charge in [-0.05, 0) is 66.3 Å². The maximum absolute atomic E-state index is 13.6. The number of aromatic amines is 2. The van der Waals surface area contributed by atoms with Crippen molar-refractivity contribution in [3.05, 3.63) is 60.3 Å². The Morgan fingerprint density at radius 3 is 1.79 bits per heavy atom. The van der Waals surface area contributed by atoms with Crippen LogP contribution < -0.4 is 10.6 Å². The van der Waals surface area contributed by atoms with Crippen LogP contribution in [0.15, 0.2) is 48.7 Å². The first kappa shape index (κ1) is 36.4. The number of likely N-dealkylation sites (tertiary alicyclic amines) is 2. The topological polar surface area (TPSA) is 175 Å². The highest BCUT2D eigenvalue weighted by Gasteiger charge is 2.39. The molecular weight excluding hydrogens is 664 g/mol. The third-order valence-corrected chi connectivity index (χ3v) is 10.1. The first-order valence-corrected chi connectivity index (χ1v) is 17.9. The number of aromatic nitrogens is 4. The fourth-order valence-electron chi connectivity index (χ4n) is 7.25. The number of hydrogen-bond donors (Lipinski definition) is 4. The maximum Gasteiger partial charge on any atom is 0.407 e. The Hall–Kier alpha value is -5.40. The molecule has 4 atom stereocenters. The van der Waals surface area contributed by atoms with E-state index in [4.69, 9.17) is 14.5 Å². The predicted molar refractivity (Wildman–Crippen MR) is 195 cm³/mol. The van der Waals surface area contributed by atoms with Gasteiger partial charge in [-0.3, -0.25) is 9.59 Å². The molecule has 276 valence electrons. The Labute approximate surface area is 303 Å². The molecule has 0 saturated carbocycles. The molecule has 0 spiro atoms. The Bertz CT molecular complexity index is 1920. The minimum Gasteiger partial charge on any atom is -0.453 e. The molecule has 2 aliphatic heterocycles. The second kappa shape index (κ2) is 15.5. The number of methoxy groups -OCH3 is 2. The molecule has 0 aliphatic carbocycles. The van der Waals surface area contributed by atoms with Gasteiger partial charge in [0.15, 0.2) is 0 Å². The van der Waals surface area contributed by atoms with Crippen molar-refractivity contribution in [1.29, 1.82) is 0 Å². The lowest BCUT2D eigenvalue weighted by atomic mass is 10.0. The second-order valence-electron chi connectivity index (χ2n) is 14.2. The number of fused-ring (bicyclic) bond motifs is 1. The van der Waals surface area contributed by atoms with E-state index in [0.29, 0.717) is 18.9 Å². The van der Waals surface area contributed by atoms with E-state index in [1.165, 1.54) is 14.2 Å². The van der Waals surface area contributed by atoms with E-state index in [9.17, 15) is 19.2 Å². The van der Waals surface area contributed by atoms with E-state index >= 15 is 0 Å². The van der Waals surface area contributed by atoms with Gasteiger partial charge in [-0.1, -0.05) is 58.0 Å². The number of benzene rings is 2. The molecule has 0 radical (unpaired) electrons. The van der Waals surface area contributed by atoms with Crippen LogP contribution in [0.3, 0.4) is 0 Å². The number of ether oxygens (including phenoxy) is 2. The van der Waals surface area contributed by atoms with Crippen LogP contribution in [-0.4, -0.2) is 93.1 Å². The Morgan fingerprint density at radius 2 is 1.25 bits per heavy atom. The van der Waals surface area contributed by atoms with E-state index in [1.807, 2.05) is 56.9 Å². The average molecular weight is 713 g/mol. The number of H-pyrrole nitrogens is 2. The summed E-state index contributed by atoms with van der Waals surface area (Å²) >= 11 is 0. The normalized spacial score (nSPS) is 18.5. The second-order valence-corrected chi connectivity index (χ2v) is 14.2. The Morgan fingerprint density at radius 1 is 0.731 bits per heavy atom. The van der Waals surface area contributed by atoms with Gasteiger partial charge in [0.2, 0.25) is 11.8 Å². The van der Waals surface area contributed by atoms with Crippen molar-refractivity contribution in [2.24, 2.45) is 11.8 Å². The van der Waals surface area contributed by atoms with Crippen molar-refractivity contribution in [1.82, 2.24) is 40.4 Å². The zero-order valence-corrected chi connectivity index (χ0v) is 30.6.